The monoisotopic (exact) mass is 220 g/mol. The van der Waals surface area contributed by atoms with Crippen LogP contribution in [-0.2, 0) is 14.6 Å². The van der Waals surface area contributed by atoms with Crippen molar-refractivity contribution < 1.29 is 24.8 Å². The van der Waals surface area contributed by atoms with Gasteiger partial charge in [-0.05, 0) is 6.08 Å². The van der Waals surface area contributed by atoms with Crippen LogP contribution in [-0.4, -0.2) is 54.5 Å². The van der Waals surface area contributed by atoms with E-state index in [4.69, 9.17) is 9.94 Å². The molecule has 1 heterocycles. The first-order chi connectivity index (χ1) is 7.27. The van der Waals surface area contributed by atoms with E-state index in [9.17, 15) is 5.11 Å². The van der Waals surface area contributed by atoms with Crippen LogP contribution in [0.4, 0.5) is 0 Å². The molecule has 7 nitrogen and oxygen atoms in total. The zero-order chi connectivity index (χ0) is 11.1. The van der Waals surface area contributed by atoms with E-state index in [-0.39, 0.29) is 6.61 Å². The molecule has 2 atom stereocenters. The summed E-state index contributed by atoms with van der Waals surface area (Å²) >= 11 is 0. The molecule has 7 heteroatoms. The van der Waals surface area contributed by atoms with Crippen molar-refractivity contribution in [2.24, 2.45) is 0 Å². The van der Waals surface area contributed by atoms with Crippen molar-refractivity contribution in [3.63, 3.8) is 0 Å². The highest BCUT2D eigenvalue weighted by molar-refractivity contribution is 4.80. The van der Waals surface area contributed by atoms with E-state index < -0.39 is 12.2 Å². The van der Waals surface area contributed by atoms with Gasteiger partial charge >= 0.3 is 0 Å². The first-order valence-electron chi connectivity index (χ1n) is 4.58. The van der Waals surface area contributed by atoms with Gasteiger partial charge in [-0.3, -0.25) is 4.84 Å². The predicted octanol–water partition coefficient (Wildman–Crippen LogP) is -1.45. The smallest absolute Gasteiger partial charge is 0.132 e. The quantitative estimate of drug-likeness (QED) is 0.287. The van der Waals surface area contributed by atoms with Gasteiger partial charge in [0, 0.05) is 6.20 Å². The van der Waals surface area contributed by atoms with E-state index in [1.54, 1.807) is 12.3 Å². The molecule has 0 aromatic heterocycles. The second-order valence-corrected chi connectivity index (χ2v) is 2.94. The number of hydrazine groups is 1. The van der Waals surface area contributed by atoms with Gasteiger partial charge in [0.1, 0.15) is 18.8 Å². The molecular weight excluding hydrogens is 204 g/mol. The third-order valence-corrected chi connectivity index (χ3v) is 1.84. The van der Waals surface area contributed by atoms with Crippen molar-refractivity contribution >= 4 is 0 Å². The van der Waals surface area contributed by atoms with Gasteiger partial charge in [-0.25, -0.2) is 9.78 Å². The van der Waals surface area contributed by atoms with Gasteiger partial charge in [0.05, 0.1) is 20.3 Å². The molecule has 1 aliphatic rings. The summed E-state index contributed by atoms with van der Waals surface area (Å²) in [4.78, 5) is 14.1. The molecule has 1 unspecified atom stereocenters. The van der Waals surface area contributed by atoms with E-state index in [1.807, 2.05) is 0 Å². The number of β-amino-alcohol motifs (C(OH)–C–C–N with tert-alkyl or cyclic N) is 1. The van der Waals surface area contributed by atoms with Crippen LogP contribution in [0.3, 0.4) is 0 Å². The van der Waals surface area contributed by atoms with Crippen LogP contribution in [0, 0.1) is 0 Å². The number of nitrogens with one attached hydrogen (secondary N) is 1. The minimum Gasteiger partial charge on any atom is -0.393 e. The van der Waals surface area contributed by atoms with Gasteiger partial charge < -0.3 is 15.6 Å². The van der Waals surface area contributed by atoms with E-state index in [0.717, 1.165) is 0 Å². The molecule has 1 aliphatic heterocycles. The number of aliphatic hydroxyl groups is 2. The third-order valence-electron chi connectivity index (χ3n) is 1.84. The summed E-state index contributed by atoms with van der Waals surface area (Å²) in [5.74, 6) is 0. The molecule has 0 bridgehead atoms. The lowest BCUT2D eigenvalue weighted by Crippen LogP contribution is -2.31. The molecular formula is C8H16N2O5. The van der Waals surface area contributed by atoms with Crippen molar-refractivity contribution in [1.29, 1.82) is 0 Å². The zero-order valence-electron chi connectivity index (χ0n) is 8.50. The lowest BCUT2D eigenvalue weighted by atomic mass is 10.2. The Morgan fingerprint density at radius 2 is 2.47 bits per heavy atom. The van der Waals surface area contributed by atoms with E-state index in [1.165, 1.54) is 12.3 Å². The summed E-state index contributed by atoms with van der Waals surface area (Å²) < 4.78 is 0. The topological polar surface area (TPSA) is 83.4 Å². The predicted molar refractivity (Wildman–Crippen MR) is 49.9 cm³/mol. The van der Waals surface area contributed by atoms with Gasteiger partial charge in [-0.1, -0.05) is 5.17 Å². The Morgan fingerprint density at radius 3 is 3.07 bits per heavy atom. The second-order valence-electron chi connectivity index (χ2n) is 2.94. The maximum absolute atomic E-state index is 9.36. The number of hydrogen-bond acceptors (Lipinski definition) is 7. The standard InChI is InChI=1S/C8H16N2O5/c1-13-14-4-2-3-9-10-5-7(12)8(6-11)15-10/h2-3,7-9,11-12H,4-6H2,1H3/b3-2-/t7-,8?/m0/s1. The normalized spacial score (nSPS) is 27.7. The Labute approximate surface area is 87.7 Å². The fourth-order valence-electron chi connectivity index (χ4n) is 1.09. The van der Waals surface area contributed by atoms with Gasteiger partial charge in [0.15, 0.2) is 0 Å². The fraction of sp³-hybridized carbons (Fsp3) is 0.750. The summed E-state index contributed by atoms with van der Waals surface area (Å²) in [6.07, 6.45) is 2.00. The molecule has 1 rings (SSSR count). The highest BCUT2D eigenvalue weighted by Crippen LogP contribution is 2.10. The summed E-state index contributed by atoms with van der Waals surface area (Å²) in [6, 6.07) is 0. The highest BCUT2D eigenvalue weighted by atomic mass is 17.2. The molecule has 1 saturated heterocycles. The molecule has 0 radical (unpaired) electrons. The first-order valence-corrected chi connectivity index (χ1v) is 4.58. The Kier molecular flexibility index (Phi) is 5.54. The minimum atomic E-state index is -0.689. The molecule has 1 fully saturated rings. The van der Waals surface area contributed by atoms with Crippen molar-refractivity contribution in [2.45, 2.75) is 12.2 Å². The first kappa shape index (κ1) is 12.4. The van der Waals surface area contributed by atoms with Crippen LogP contribution in [0.1, 0.15) is 0 Å². The molecule has 0 aliphatic carbocycles. The molecule has 3 N–H and O–H groups in total. The highest BCUT2D eigenvalue weighted by Gasteiger charge is 2.31. The fourth-order valence-corrected chi connectivity index (χ4v) is 1.09. The van der Waals surface area contributed by atoms with Gasteiger partial charge in [0.2, 0.25) is 0 Å². The average molecular weight is 220 g/mol. The number of rotatable bonds is 6. The largest absolute Gasteiger partial charge is 0.393 e. The Morgan fingerprint density at radius 1 is 1.67 bits per heavy atom. The van der Waals surface area contributed by atoms with Crippen molar-refractivity contribution in [2.75, 3.05) is 26.9 Å². The van der Waals surface area contributed by atoms with E-state index >= 15 is 0 Å². The summed E-state index contributed by atoms with van der Waals surface area (Å²) in [6.45, 7) is 0.389. The van der Waals surface area contributed by atoms with Gasteiger partial charge in [-0.2, -0.15) is 0 Å². The lowest BCUT2D eigenvalue weighted by molar-refractivity contribution is -0.263. The van der Waals surface area contributed by atoms with Crippen molar-refractivity contribution in [3.05, 3.63) is 12.3 Å². The van der Waals surface area contributed by atoms with Crippen LogP contribution < -0.4 is 5.43 Å². The number of hydroxylamine groups is 1. The average Bonchev–Trinajstić information content (AvgIpc) is 2.59. The van der Waals surface area contributed by atoms with E-state index in [2.05, 4.69) is 15.2 Å². The van der Waals surface area contributed by atoms with Crippen LogP contribution in [0.5, 0.6) is 0 Å². The van der Waals surface area contributed by atoms with Crippen LogP contribution >= 0.6 is 0 Å². The molecule has 0 aromatic carbocycles. The molecule has 0 saturated carbocycles. The Hall–Kier alpha value is -0.700. The van der Waals surface area contributed by atoms with Crippen LogP contribution in [0.2, 0.25) is 0 Å². The Balaban J connectivity index is 2.15. The second kappa shape index (κ2) is 6.72. The molecule has 0 amide bonds. The molecule has 0 spiro atoms. The molecule has 0 aromatic rings. The van der Waals surface area contributed by atoms with Gasteiger partial charge in [-0.15, -0.1) is 0 Å². The Bertz CT molecular complexity index is 201. The number of aliphatic hydroxyl groups excluding tert-OH is 2. The summed E-state index contributed by atoms with van der Waals surface area (Å²) in [5.41, 5.74) is 2.76. The number of nitrogens with zero attached hydrogens (tertiary/aromatic N) is 1. The van der Waals surface area contributed by atoms with Crippen molar-refractivity contribution in [1.82, 2.24) is 10.6 Å². The molecule has 15 heavy (non-hydrogen) atoms. The number of hydrogen-bond donors (Lipinski definition) is 3. The van der Waals surface area contributed by atoms with Crippen LogP contribution in [0.25, 0.3) is 0 Å². The maximum atomic E-state index is 9.36. The lowest BCUT2D eigenvalue weighted by Gasteiger charge is -2.13. The SMILES string of the molecule is COOC/C=C\NN1C[C@H](O)C(CO)O1. The minimum absolute atomic E-state index is 0.212. The summed E-state index contributed by atoms with van der Waals surface area (Å²) in [5, 5.41) is 19.5. The van der Waals surface area contributed by atoms with Crippen molar-refractivity contribution in [3.8, 4) is 0 Å². The maximum Gasteiger partial charge on any atom is 0.132 e. The van der Waals surface area contributed by atoms with Gasteiger partial charge in [0.25, 0.3) is 0 Å². The van der Waals surface area contributed by atoms with Crippen LogP contribution in [0.15, 0.2) is 12.3 Å². The zero-order valence-corrected chi connectivity index (χ0v) is 8.50. The van der Waals surface area contributed by atoms with E-state index in [0.29, 0.717) is 13.2 Å². The molecule has 88 valence electrons. The third kappa shape index (κ3) is 4.12. The summed E-state index contributed by atoms with van der Waals surface area (Å²) in [7, 11) is 1.42.